The molecule has 1 saturated heterocycles. The van der Waals surface area contributed by atoms with Gasteiger partial charge in [0.25, 0.3) is 5.91 Å². The Labute approximate surface area is 172 Å². The van der Waals surface area contributed by atoms with Gasteiger partial charge in [0.2, 0.25) is 5.91 Å². The number of carbonyl (C=O) groups is 2. The number of ether oxygens (including phenoxy) is 1. The van der Waals surface area contributed by atoms with Gasteiger partial charge in [0, 0.05) is 24.4 Å². The van der Waals surface area contributed by atoms with Crippen LogP contribution in [0, 0.1) is 0 Å². The van der Waals surface area contributed by atoms with Crippen molar-refractivity contribution in [3.63, 3.8) is 0 Å². The van der Waals surface area contributed by atoms with Crippen LogP contribution in [-0.2, 0) is 4.79 Å². The summed E-state index contributed by atoms with van der Waals surface area (Å²) in [6.07, 6.45) is 2.77. The molecule has 146 valence electrons. The van der Waals surface area contributed by atoms with Crippen molar-refractivity contribution < 1.29 is 14.3 Å². The summed E-state index contributed by atoms with van der Waals surface area (Å²) >= 11 is 6.12. The topological polar surface area (TPSA) is 80.3 Å². The lowest BCUT2D eigenvalue weighted by Gasteiger charge is -2.13. The fourth-order valence-electron chi connectivity index (χ4n) is 3.15. The van der Waals surface area contributed by atoms with Gasteiger partial charge in [-0.25, -0.2) is 0 Å². The highest BCUT2D eigenvalue weighted by molar-refractivity contribution is 6.32. The number of nitrogens with one attached hydrogen (secondary N) is 2. The lowest BCUT2D eigenvalue weighted by Crippen LogP contribution is -2.18. The summed E-state index contributed by atoms with van der Waals surface area (Å²) in [6.45, 7) is 0. The molecule has 0 radical (unpaired) electrons. The zero-order chi connectivity index (χ0) is 20.2. The lowest BCUT2D eigenvalue weighted by molar-refractivity contribution is -0.119. The number of aromatic nitrogens is 1. The molecule has 2 aromatic carbocycles. The quantitative estimate of drug-likeness (QED) is 0.640. The maximum atomic E-state index is 12.6. The highest BCUT2D eigenvalue weighted by Gasteiger charge is 2.22. The Bertz CT molecular complexity index is 1070. The van der Waals surface area contributed by atoms with Gasteiger partial charge < -0.3 is 15.4 Å². The van der Waals surface area contributed by atoms with E-state index in [-0.39, 0.29) is 23.6 Å². The number of hydrogen-bond acceptors (Lipinski definition) is 4. The predicted octanol–water partition coefficient (Wildman–Crippen LogP) is 4.73. The van der Waals surface area contributed by atoms with Crippen LogP contribution >= 0.6 is 11.6 Å². The molecule has 1 aliphatic rings. The van der Waals surface area contributed by atoms with Crippen molar-refractivity contribution >= 4 is 29.1 Å². The summed E-state index contributed by atoms with van der Waals surface area (Å²) in [6, 6.07) is 17.7. The molecule has 0 bridgehead atoms. The molecule has 4 rings (SSSR count). The van der Waals surface area contributed by atoms with Crippen molar-refractivity contribution in [2.75, 3.05) is 5.32 Å². The van der Waals surface area contributed by atoms with Crippen molar-refractivity contribution in [2.45, 2.75) is 18.9 Å². The van der Waals surface area contributed by atoms with Crippen LogP contribution in [0.2, 0.25) is 5.02 Å². The summed E-state index contributed by atoms with van der Waals surface area (Å²) in [7, 11) is 0. The molecule has 1 fully saturated rings. The Morgan fingerprint density at radius 2 is 2.00 bits per heavy atom. The van der Waals surface area contributed by atoms with Crippen LogP contribution in [0.3, 0.4) is 0 Å². The first-order valence-electron chi connectivity index (χ1n) is 9.17. The van der Waals surface area contributed by atoms with Gasteiger partial charge in [0.1, 0.15) is 17.2 Å². The van der Waals surface area contributed by atoms with Crippen molar-refractivity contribution in [1.29, 1.82) is 0 Å². The number of para-hydroxylation sites is 1. The van der Waals surface area contributed by atoms with Crippen LogP contribution < -0.4 is 15.4 Å². The molecular formula is C22H18ClN3O3. The van der Waals surface area contributed by atoms with Gasteiger partial charge in [0.05, 0.1) is 11.1 Å². The molecule has 1 atom stereocenters. The van der Waals surface area contributed by atoms with E-state index in [1.54, 1.807) is 30.3 Å². The highest BCUT2D eigenvalue weighted by Crippen LogP contribution is 2.29. The molecule has 29 heavy (non-hydrogen) atoms. The number of carbonyl (C=O) groups excluding carboxylic acids is 2. The minimum atomic E-state index is -0.359. The fraction of sp³-hybridized carbons (Fsp3) is 0.136. The van der Waals surface area contributed by atoms with Gasteiger partial charge in [-0.05, 0) is 42.3 Å². The van der Waals surface area contributed by atoms with Crippen LogP contribution in [0.4, 0.5) is 5.69 Å². The van der Waals surface area contributed by atoms with Crippen LogP contribution in [0.1, 0.15) is 34.9 Å². The minimum absolute atomic E-state index is 0.0233. The third-order valence-corrected chi connectivity index (χ3v) is 4.88. The van der Waals surface area contributed by atoms with Crippen molar-refractivity contribution in [3.8, 4) is 11.5 Å². The van der Waals surface area contributed by atoms with Crippen molar-refractivity contribution in [3.05, 3.63) is 83.1 Å². The summed E-state index contributed by atoms with van der Waals surface area (Å²) in [5, 5.41) is 6.24. The molecular weight excluding hydrogens is 390 g/mol. The van der Waals surface area contributed by atoms with Gasteiger partial charge in [-0.3, -0.25) is 14.6 Å². The standard InChI is InChI=1S/C22H18ClN3O3/c23-17-6-1-2-7-20(17)29-16-10-11-24-19(13-16)22(28)25-15-5-3-4-14(12-15)18-8-9-21(27)26-18/h1-7,10-13,18H,8-9H2,(H,25,28)(H,26,27). The molecule has 1 unspecified atom stereocenters. The first-order valence-corrected chi connectivity index (χ1v) is 9.55. The van der Waals surface area contributed by atoms with E-state index in [2.05, 4.69) is 15.6 Å². The molecule has 3 aromatic rings. The number of benzene rings is 2. The van der Waals surface area contributed by atoms with E-state index in [0.29, 0.717) is 28.6 Å². The van der Waals surface area contributed by atoms with Gasteiger partial charge in [-0.15, -0.1) is 0 Å². The Hall–Kier alpha value is -3.38. The number of halogens is 1. The van der Waals surface area contributed by atoms with Crippen LogP contribution in [-0.4, -0.2) is 16.8 Å². The SMILES string of the molecule is O=C1CCC(c2cccc(NC(=O)c3cc(Oc4ccccc4Cl)ccn3)c2)N1. The van der Waals surface area contributed by atoms with E-state index in [0.717, 1.165) is 12.0 Å². The number of nitrogens with zero attached hydrogens (tertiary/aromatic N) is 1. The molecule has 1 aliphatic heterocycles. The van der Waals surface area contributed by atoms with E-state index >= 15 is 0 Å². The number of rotatable bonds is 5. The summed E-state index contributed by atoms with van der Waals surface area (Å²) < 4.78 is 5.75. The molecule has 0 aliphatic carbocycles. The van der Waals surface area contributed by atoms with Crippen LogP contribution in [0.25, 0.3) is 0 Å². The molecule has 7 heteroatoms. The second kappa shape index (κ2) is 8.32. The molecule has 0 spiro atoms. The maximum Gasteiger partial charge on any atom is 0.274 e. The molecule has 1 aromatic heterocycles. The van der Waals surface area contributed by atoms with E-state index < -0.39 is 0 Å². The van der Waals surface area contributed by atoms with E-state index in [9.17, 15) is 9.59 Å². The molecule has 2 N–H and O–H groups in total. The van der Waals surface area contributed by atoms with E-state index in [1.165, 1.54) is 6.20 Å². The minimum Gasteiger partial charge on any atom is -0.456 e. The fourth-order valence-corrected chi connectivity index (χ4v) is 3.32. The van der Waals surface area contributed by atoms with Gasteiger partial charge >= 0.3 is 0 Å². The Morgan fingerprint density at radius 3 is 2.79 bits per heavy atom. The third-order valence-electron chi connectivity index (χ3n) is 4.57. The number of hydrogen-bond donors (Lipinski definition) is 2. The van der Waals surface area contributed by atoms with E-state index in [1.807, 2.05) is 30.3 Å². The molecule has 6 nitrogen and oxygen atoms in total. The average Bonchev–Trinajstić information content (AvgIpc) is 3.17. The summed E-state index contributed by atoms with van der Waals surface area (Å²) in [4.78, 5) is 28.2. The average molecular weight is 408 g/mol. The second-order valence-electron chi connectivity index (χ2n) is 6.65. The Balaban J connectivity index is 1.48. The van der Waals surface area contributed by atoms with E-state index in [4.69, 9.17) is 16.3 Å². The van der Waals surface area contributed by atoms with Crippen LogP contribution in [0.5, 0.6) is 11.5 Å². The smallest absolute Gasteiger partial charge is 0.274 e. The molecule has 0 saturated carbocycles. The zero-order valence-corrected chi connectivity index (χ0v) is 16.1. The van der Waals surface area contributed by atoms with Crippen molar-refractivity contribution in [1.82, 2.24) is 10.3 Å². The number of anilines is 1. The Kier molecular flexibility index (Phi) is 5.44. The number of amides is 2. The molecule has 2 heterocycles. The maximum absolute atomic E-state index is 12.6. The zero-order valence-electron chi connectivity index (χ0n) is 15.4. The second-order valence-corrected chi connectivity index (χ2v) is 7.05. The Morgan fingerprint density at radius 1 is 1.14 bits per heavy atom. The third kappa shape index (κ3) is 4.55. The largest absolute Gasteiger partial charge is 0.456 e. The van der Waals surface area contributed by atoms with Crippen molar-refractivity contribution in [2.24, 2.45) is 0 Å². The van der Waals surface area contributed by atoms with Crippen LogP contribution in [0.15, 0.2) is 66.9 Å². The van der Waals surface area contributed by atoms with Gasteiger partial charge in [0.15, 0.2) is 0 Å². The normalized spacial score (nSPS) is 15.6. The highest BCUT2D eigenvalue weighted by atomic mass is 35.5. The first kappa shape index (κ1) is 19.0. The predicted molar refractivity (Wildman–Crippen MR) is 110 cm³/mol. The first-order chi connectivity index (χ1) is 14.1. The summed E-state index contributed by atoms with van der Waals surface area (Å²) in [5.41, 5.74) is 1.81. The number of pyridine rings is 1. The lowest BCUT2D eigenvalue weighted by atomic mass is 10.0. The summed E-state index contributed by atoms with van der Waals surface area (Å²) in [5.74, 6) is 0.643. The van der Waals surface area contributed by atoms with Gasteiger partial charge in [-0.2, -0.15) is 0 Å². The van der Waals surface area contributed by atoms with Gasteiger partial charge in [-0.1, -0.05) is 35.9 Å². The molecule has 2 amide bonds. The monoisotopic (exact) mass is 407 g/mol.